The van der Waals surface area contributed by atoms with Crippen molar-refractivity contribution in [2.45, 2.75) is 25.8 Å². The second kappa shape index (κ2) is 5.05. The summed E-state index contributed by atoms with van der Waals surface area (Å²) < 4.78 is 1.23. The standard InChI is InChI=1S/C7H10N4O3/c12-5-3-1-2-4-10-7(11(13)14)8-6-9-10/h5-6H,1-4H2. The number of aryl methyl sites for hydroxylation is 1. The maximum absolute atomic E-state index is 10.4. The van der Waals surface area contributed by atoms with Gasteiger partial charge in [0.25, 0.3) is 0 Å². The number of hydrogen-bond donors (Lipinski definition) is 0. The van der Waals surface area contributed by atoms with Gasteiger partial charge in [-0.2, -0.15) is 0 Å². The molecule has 0 N–H and O–H groups in total. The fourth-order valence-corrected chi connectivity index (χ4v) is 1.05. The quantitative estimate of drug-likeness (QED) is 0.288. The molecule has 14 heavy (non-hydrogen) atoms. The molecule has 76 valence electrons. The van der Waals surface area contributed by atoms with Gasteiger partial charge in [-0.15, -0.1) is 4.68 Å². The highest BCUT2D eigenvalue weighted by Gasteiger charge is 2.14. The summed E-state index contributed by atoms with van der Waals surface area (Å²) in [5.41, 5.74) is 0. The van der Waals surface area contributed by atoms with Crippen LogP contribution in [0.4, 0.5) is 5.95 Å². The van der Waals surface area contributed by atoms with Crippen LogP contribution in [-0.2, 0) is 11.3 Å². The average Bonchev–Trinajstić information content (AvgIpc) is 2.60. The minimum atomic E-state index is -0.577. The first kappa shape index (κ1) is 10.3. The van der Waals surface area contributed by atoms with Crippen LogP contribution in [-0.4, -0.2) is 26.0 Å². The molecule has 1 rings (SSSR count). The third-order valence-electron chi connectivity index (χ3n) is 1.70. The van der Waals surface area contributed by atoms with Crippen molar-refractivity contribution < 1.29 is 9.72 Å². The van der Waals surface area contributed by atoms with Crippen molar-refractivity contribution in [2.75, 3.05) is 0 Å². The van der Waals surface area contributed by atoms with Gasteiger partial charge < -0.3 is 14.9 Å². The SMILES string of the molecule is O=CCCCCn1ncnc1[N+](=O)[O-]. The Morgan fingerprint density at radius 3 is 3.00 bits per heavy atom. The Kier molecular flexibility index (Phi) is 3.71. The molecule has 0 saturated carbocycles. The summed E-state index contributed by atoms with van der Waals surface area (Å²) >= 11 is 0. The topological polar surface area (TPSA) is 90.9 Å². The van der Waals surface area contributed by atoms with Gasteiger partial charge in [-0.25, -0.2) is 0 Å². The van der Waals surface area contributed by atoms with Gasteiger partial charge in [-0.3, -0.25) is 0 Å². The minimum absolute atomic E-state index is 0.254. The van der Waals surface area contributed by atoms with Crippen LogP contribution in [0.5, 0.6) is 0 Å². The number of unbranched alkanes of at least 4 members (excludes halogenated alkanes) is 2. The first-order valence-corrected chi connectivity index (χ1v) is 4.21. The Morgan fingerprint density at radius 2 is 2.36 bits per heavy atom. The third kappa shape index (κ3) is 2.61. The molecule has 0 amide bonds. The second-order valence-corrected chi connectivity index (χ2v) is 2.70. The summed E-state index contributed by atoms with van der Waals surface area (Å²) in [5, 5.41) is 14.1. The summed E-state index contributed by atoms with van der Waals surface area (Å²) in [6.07, 6.45) is 3.85. The van der Waals surface area contributed by atoms with Crippen LogP contribution < -0.4 is 0 Å². The van der Waals surface area contributed by atoms with Gasteiger partial charge in [0, 0.05) is 6.42 Å². The first-order valence-electron chi connectivity index (χ1n) is 4.21. The van der Waals surface area contributed by atoms with Crippen LogP contribution in [0.1, 0.15) is 19.3 Å². The lowest BCUT2D eigenvalue weighted by molar-refractivity contribution is -0.397. The predicted molar refractivity (Wildman–Crippen MR) is 46.6 cm³/mol. The number of aldehydes is 1. The van der Waals surface area contributed by atoms with Crippen molar-refractivity contribution in [1.29, 1.82) is 0 Å². The van der Waals surface area contributed by atoms with Crippen molar-refractivity contribution in [2.24, 2.45) is 0 Å². The van der Waals surface area contributed by atoms with E-state index in [1.54, 1.807) is 0 Å². The molecule has 0 aliphatic rings. The summed E-state index contributed by atoms with van der Waals surface area (Å²) in [4.78, 5) is 23.3. The molecule has 0 atom stereocenters. The molecule has 0 radical (unpaired) electrons. The fourth-order valence-electron chi connectivity index (χ4n) is 1.05. The normalized spacial score (nSPS) is 10.0. The average molecular weight is 198 g/mol. The van der Waals surface area contributed by atoms with Crippen LogP contribution in [0.3, 0.4) is 0 Å². The number of carbonyl (C=O) groups is 1. The molecule has 7 heteroatoms. The Hall–Kier alpha value is -1.79. The van der Waals surface area contributed by atoms with Crippen molar-refractivity contribution in [3.05, 3.63) is 16.4 Å². The Morgan fingerprint density at radius 1 is 1.57 bits per heavy atom. The maximum atomic E-state index is 10.4. The zero-order valence-electron chi connectivity index (χ0n) is 7.50. The summed E-state index contributed by atoms with van der Waals surface area (Å²) in [7, 11) is 0. The maximum Gasteiger partial charge on any atom is 0.455 e. The molecule has 0 aromatic carbocycles. The lowest BCUT2D eigenvalue weighted by Gasteiger charge is -1.97. The minimum Gasteiger partial charge on any atom is -0.390 e. The monoisotopic (exact) mass is 198 g/mol. The molecule has 0 aliphatic heterocycles. The lowest BCUT2D eigenvalue weighted by atomic mass is 10.2. The van der Waals surface area contributed by atoms with E-state index in [1.165, 1.54) is 4.68 Å². The van der Waals surface area contributed by atoms with E-state index in [4.69, 9.17) is 0 Å². The van der Waals surface area contributed by atoms with Gasteiger partial charge in [0.1, 0.15) is 6.29 Å². The van der Waals surface area contributed by atoms with Gasteiger partial charge in [-0.1, -0.05) is 10.1 Å². The number of nitro groups is 1. The predicted octanol–water partition coefficient (Wildman–Crippen LogP) is 0.555. The zero-order chi connectivity index (χ0) is 10.4. The van der Waals surface area contributed by atoms with Crippen molar-refractivity contribution in [1.82, 2.24) is 14.8 Å². The number of carbonyl (C=O) groups excluding carboxylic acids is 1. The van der Waals surface area contributed by atoms with Crippen LogP contribution in [0.15, 0.2) is 6.33 Å². The summed E-state index contributed by atoms with van der Waals surface area (Å²) in [6.45, 7) is 0.421. The van der Waals surface area contributed by atoms with E-state index < -0.39 is 4.92 Å². The van der Waals surface area contributed by atoms with E-state index >= 15 is 0 Å². The van der Waals surface area contributed by atoms with Gasteiger partial charge in [-0.05, 0) is 17.8 Å². The van der Waals surface area contributed by atoms with Gasteiger partial charge in [0.2, 0.25) is 6.33 Å². The van der Waals surface area contributed by atoms with E-state index in [2.05, 4.69) is 10.1 Å². The van der Waals surface area contributed by atoms with Crippen LogP contribution >= 0.6 is 0 Å². The summed E-state index contributed by atoms with van der Waals surface area (Å²) in [6, 6.07) is 0. The Labute approximate surface area is 79.9 Å². The highest BCUT2D eigenvalue weighted by Crippen LogP contribution is 2.06. The smallest absolute Gasteiger partial charge is 0.390 e. The van der Waals surface area contributed by atoms with Crippen LogP contribution in [0.2, 0.25) is 0 Å². The van der Waals surface area contributed by atoms with Crippen molar-refractivity contribution in [3.63, 3.8) is 0 Å². The lowest BCUT2D eigenvalue weighted by Crippen LogP contribution is -2.05. The van der Waals surface area contributed by atoms with Crippen molar-refractivity contribution >= 4 is 12.2 Å². The van der Waals surface area contributed by atoms with E-state index in [9.17, 15) is 14.9 Å². The van der Waals surface area contributed by atoms with E-state index in [0.29, 0.717) is 25.8 Å². The van der Waals surface area contributed by atoms with Gasteiger partial charge in [0.05, 0.1) is 6.54 Å². The molecule has 0 unspecified atom stereocenters. The molecule has 7 nitrogen and oxygen atoms in total. The molecule has 0 aliphatic carbocycles. The first-order chi connectivity index (χ1) is 6.75. The summed E-state index contributed by atoms with van der Waals surface area (Å²) in [5.74, 6) is -0.254. The molecule has 0 spiro atoms. The number of aromatic nitrogens is 3. The van der Waals surface area contributed by atoms with Crippen LogP contribution in [0, 0.1) is 10.1 Å². The number of hydrogen-bond acceptors (Lipinski definition) is 5. The molecule has 0 saturated heterocycles. The number of rotatable bonds is 6. The second-order valence-electron chi connectivity index (χ2n) is 2.70. The Balaban J connectivity index is 2.45. The van der Waals surface area contributed by atoms with Crippen LogP contribution in [0.25, 0.3) is 0 Å². The molecule has 1 heterocycles. The fraction of sp³-hybridized carbons (Fsp3) is 0.571. The van der Waals surface area contributed by atoms with E-state index in [0.717, 1.165) is 12.6 Å². The van der Waals surface area contributed by atoms with Gasteiger partial charge >= 0.3 is 5.95 Å². The third-order valence-corrected chi connectivity index (χ3v) is 1.70. The van der Waals surface area contributed by atoms with Crippen molar-refractivity contribution in [3.8, 4) is 0 Å². The molecule has 1 aromatic heterocycles. The van der Waals surface area contributed by atoms with E-state index in [1.807, 2.05) is 0 Å². The van der Waals surface area contributed by atoms with Gasteiger partial charge in [0.15, 0.2) is 0 Å². The number of nitrogens with zero attached hydrogens (tertiary/aromatic N) is 4. The molecular formula is C7H10N4O3. The van der Waals surface area contributed by atoms with E-state index in [-0.39, 0.29) is 5.95 Å². The molecule has 0 bridgehead atoms. The highest BCUT2D eigenvalue weighted by atomic mass is 16.6. The molecule has 1 aromatic rings. The largest absolute Gasteiger partial charge is 0.455 e. The Bertz CT molecular complexity index is 322. The molecule has 0 fully saturated rings. The highest BCUT2D eigenvalue weighted by molar-refractivity contribution is 5.48. The zero-order valence-corrected chi connectivity index (χ0v) is 7.50. The molecular weight excluding hydrogens is 188 g/mol.